The van der Waals surface area contributed by atoms with Gasteiger partial charge < -0.3 is 20.1 Å². The summed E-state index contributed by atoms with van der Waals surface area (Å²) in [5.74, 6) is 1.16. The molecule has 0 radical (unpaired) electrons. The maximum absolute atomic E-state index is 13.0. The van der Waals surface area contributed by atoms with Crippen LogP contribution in [0.25, 0.3) is 0 Å². The number of carbonyl (C=O) groups excluding carboxylic acids is 2. The molecule has 0 spiro atoms. The van der Waals surface area contributed by atoms with Gasteiger partial charge in [0.05, 0.1) is 4.90 Å². The van der Waals surface area contributed by atoms with E-state index in [0.29, 0.717) is 62.5 Å². The molecule has 1 saturated heterocycles. The van der Waals surface area contributed by atoms with Crippen molar-refractivity contribution in [3.05, 3.63) is 66.2 Å². The predicted octanol–water partition coefficient (Wildman–Crippen LogP) is 2.09. The van der Waals surface area contributed by atoms with E-state index in [0.717, 1.165) is 5.56 Å². The van der Waals surface area contributed by atoms with Gasteiger partial charge in [0.1, 0.15) is 0 Å². The maximum Gasteiger partial charge on any atom is 0.251 e. The van der Waals surface area contributed by atoms with E-state index in [1.807, 2.05) is 18.2 Å². The molecule has 4 rings (SSSR count). The number of rotatable bonds is 9. The fourth-order valence-electron chi connectivity index (χ4n) is 4.12. The quantitative estimate of drug-likeness (QED) is 0.511. The van der Waals surface area contributed by atoms with Gasteiger partial charge in [0.25, 0.3) is 5.91 Å². The van der Waals surface area contributed by atoms with Crippen molar-refractivity contribution in [2.45, 2.75) is 24.2 Å². The number of benzene rings is 2. The van der Waals surface area contributed by atoms with E-state index in [1.54, 1.807) is 0 Å². The van der Waals surface area contributed by atoms with Crippen molar-refractivity contribution >= 4 is 21.8 Å². The smallest absolute Gasteiger partial charge is 0.251 e. The Bertz CT molecular complexity index is 1190. The standard InChI is InChI=1S/C25H29N3O6S/c1-2-24(29)27-16-19-10-13-28(14-11-19)35(31,32)21-6-4-20(5-7-21)25(30)26-12-9-18-3-8-22-23(15-18)34-17-33-22/h2-8,15,19H,1,9-14,16-17H2,(H,26,30)(H,27,29). The number of hydrogen-bond acceptors (Lipinski definition) is 6. The van der Waals surface area contributed by atoms with Gasteiger partial charge in [-0.15, -0.1) is 0 Å². The first-order valence-corrected chi connectivity index (χ1v) is 13.0. The summed E-state index contributed by atoms with van der Waals surface area (Å²) in [4.78, 5) is 24.0. The van der Waals surface area contributed by atoms with Gasteiger partial charge in [-0.1, -0.05) is 12.6 Å². The molecule has 2 aliphatic rings. The highest BCUT2D eigenvalue weighted by Gasteiger charge is 2.29. The molecule has 0 unspecified atom stereocenters. The van der Waals surface area contributed by atoms with Crippen molar-refractivity contribution in [1.82, 2.24) is 14.9 Å². The molecule has 2 aromatic carbocycles. The molecule has 186 valence electrons. The predicted molar refractivity (Wildman–Crippen MR) is 130 cm³/mol. The summed E-state index contributed by atoms with van der Waals surface area (Å²) in [5, 5.41) is 5.62. The van der Waals surface area contributed by atoms with Crippen molar-refractivity contribution in [3.8, 4) is 11.5 Å². The zero-order valence-corrected chi connectivity index (χ0v) is 20.2. The van der Waals surface area contributed by atoms with E-state index in [-0.39, 0.29) is 29.4 Å². The monoisotopic (exact) mass is 499 g/mol. The van der Waals surface area contributed by atoms with Crippen LogP contribution in [0.3, 0.4) is 0 Å². The fraction of sp³-hybridized carbons (Fsp3) is 0.360. The fourth-order valence-corrected chi connectivity index (χ4v) is 5.59. The van der Waals surface area contributed by atoms with E-state index in [4.69, 9.17) is 9.47 Å². The third kappa shape index (κ3) is 6.01. The lowest BCUT2D eigenvalue weighted by molar-refractivity contribution is -0.116. The molecule has 9 nitrogen and oxygen atoms in total. The average Bonchev–Trinajstić information content (AvgIpc) is 3.35. The molecule has 2 aliphatic heterocycles. The third-order valence-electron chi connectivity index (χ3n) is 6.21. The minimum Gasteiger partial charge on any atom is -0.454 e. The van der Waals surface area contributed by atoms with Crippen molar-refractivity contribution in [1.29, 1.82) is 0 Å². The van der Waals surface area contributed by atoms with E-state index in [9.17, 15) is 18.0 Å². The molecule has 2 N–H and O–H groups in total. The molecule has 35 heavy (non-hydrogen) atoms. The zero-order chi connectivity index (χ0) is 24.8. The minimum atomic E-state index is -3.65. The Labute approximate surface area is 205 Å². The van der Waals surface area contributed by atoms with Gasteiger partial charge in [0.15, 0.2) is 11.5 Å². The highest BCUT2D eigenvalue weighted by atomic mass is 32.2. The van der Waals surface area contributed by atoms with Crippen LogP contribution in [0.4, 0.5) is 0 Å². The van der Waals surface area contributed by atoms with Crippen LogP contribution < -0.4 is 20.1 Å². The minimum absolute atomic E-state index is 0.160. The molecule has 0 aromatic heterocycles. The third-order valence-corrected chi connectivity index (χ3v) is 8.13. The summed E-state index contributed by atoms with van der Waals surface area (Å²) in [6.07, 6.45) is 3.19. The van der Waals surface area contributed by atoms with E-state index >= 15 is 0 Å². The summed E-state index contributed by atoms with van der Waals surface area (Å²) >= 11 is 0. The Morgan fingerprint density at radius 3 is 2.46 bits per heavy atom. The van der Waals surface area contributed by atoms with Crippen molar-refractivity contribution in [2.24, 2.45) is 5.92 Å². The first-order valence-electron chi connectivity index (χ1n) is 11.5. The number of amides is 2. The highest BCUT2D eigenvalue weighted by molar-refractivity contribution is 7.89. The Kier molecular flexibility index (Phi) is 7.72. The van der Waals surface area contributed by atoms with Crippen LogP contribution in [0.15, 0.2) is 60.0 Å². The number of ether oxygens (including phenoxy) is 2. The summed E-state index contributed by atoms with van der Waals surface area (Å²) < 4.78 is 38.2. The number of sulfonamides is 1. The molecule has 10 heteroatoms. The molecule has 0 saturated carbocycles. The second kappa shape index (κ2) is 10.9. The number of fused-ring (bicyclic) bond motifs is 1. The molecular weight excluding hydrogens is 470 g/mol. The van der Waals surface area contributed by atoms with E-state index < -0.39 is 10.0 Å². The Hall–Kier alpha value is -3.37. The van der Waals surface area contributed by atoms with Crippen molar-refractivity contribution in [2.75, 3.05) is 33.0 Å². The van der Waals surface area contributed by atoms with Crippen LogP contribution in [0.2, 0.25) is 0 Å². The first kappa shape index (κ1) is 24.7. The van der Waals surface area contributed by atoms with Gasteiger partial charge in [-0.25, -0.2) is 8.42 Å². The normalized spacial score (nSPS) is 16.0. The molecule has 0 bridgehead atoms. The molecule has 0 atom stereocenters. The van der Waals surface area contributed by atoms with Gasteiger partial charge in [-0.3, -0.25) is 9.59 Å². The maximum atomic E-state index is 13.0. The second-order valence-electron chi connectivity index (χ2n) is 8.51. The number of nitrogens with zero attached hydrogens (tertiary/aromatic N) is 1. The van der Waals surface area contributed by atoms with Crippen LogP contribution in [0.1, 0.15) is 28.8 Å². The molecule has 2 heterocycles. The number of carbonyl (C=O) groups is 2. The van der Waals surface area contributed by atoms with Gasteiger partial charge >= 0.3 is 0 Å². The molecule has 2 aromatic rings. The summed E-state index contributed by atoms with van der Waals surface area (Å²) in [6.45, 7) is 5.36. The summed E-state index contributed by atoms with van der Waals surface area (Å²) in [6, 6.07) is 11.7. The lowest BCUT2D eigenvalue weighted by Gasteiger charge is -2.31. The lowest BCUT2D eigenvalue weighted by Crippen LogP contribution is -2.41. The van der Waals surface area contributed by atoms with Crippen LogP contribution in [0, 0.1) is 5.92 Å². The van der Waals surface area contributed by atoms with E-state index in [1.165, 1.54) is 34.6 Å². The lowest BCUT2D eigenvalue weighted by atomic mass is 9.98. The Morgan fingerprint density at radius 2 is 1.74 bits per heavy atom. The van der Waals surface area contributed by atoms with Gasteiger partial charge in [0.2, 0.25) is 22.7 Å². The van der Waals surface area contributed by atoms with E-state index in [2.05, 4.69) is 17.2 Å². The summed E-state index contributed by atoms with van der Waals surface area (Å²) in [5.41, 5.74) is 1.41. The Morgan fingerprint density at radius 1 is 1.03 bits per heavy atom. The summed E-state index contributed by atoms with van der Waals surface area (Å²) in [7, 11) is -3.65. The van der Waals surface area contributed by atoms with Crippen LogP contribution in [-0.2, 0) is 21.2 Å². The van der Waals surface area contributed by atoms with Crippen LogP contribution in [0.5, 0.6) is 11.5 Å². The average molecular weight is 500 g/mol. The SMILES string of the molecule is C=CC(=O)NCC1CCN(S(=O)(=O)c2ccc(C(=O)NCCc3ccc4c(c3)OCO4)cc2)CC1. The van der Waals surface area contributed by atoms with Crippen LogP contribution in [-0.4, -0.2) is 57.5 Å². The largest absolute Gasteiger partial charge is 0.454 e. The van der Waals surface area contributed by atoms with Crippen molar-refractivity contribution < 1.29 is 27.5 Å². The highest BCUT2D eigenvalue weighted by Crippen LogP contribution is 2.32. The van der Waals surface area contributed by atoms with Crippen LogP contribution >= 0.6 is 0 Å². The second-order valence-corrected chi connectivity index (χ2v) is 10.5. The number of hydrogen-bond donors (Lipinski definition) is 2. The molecule has 0 aliphatic carbocycles. The molecule has 1 fully saturated rings. The molecular formula is C25H29N3O6S. The number of nitrogens with one attached hydrogen (secondary N) is 2. The topological polar surface area (TPSA) is 114 Å². The van der Waals surface area contributed by atoms with Gasteiger partial charge in [0, 0.05) is 31.7 Å². The van der Waals surface area contributed by atoms with Crippen molar-refractivity contribution in [3.63, 3.8) is 0 Å². The molecule has 2 amide bonds. The Balaban J connectivity index is 1.27. The van der Waals surface area contributed by atoms with Gasteiger partial charge in [-0.2, -0.15) is 4.31 Å². The zero-order valence-electron chi connectivity index (χ0n) is 19.4. The van der Waals surface area contributed by atoms with Gasteiger partial charge in [-0.05, 0) is 73.2 Å². The first-order chi connectivity index (χ1) is 16.9. The number of piperidine rings is 1.